The molecule has 1 N–H and O–H groups in total. The van der Waals surface area contributed by atoms with Crippen molar-refractivity contribution in [1.29, 1.82) is 0 Å². The molecule has 4 rings (SSSR count). The Labute approximate surface area is 186 Å². The predicted octanol–water partition coefficient (Wildman–Crippen LogP) is 2.33. The Bertz CT molecular complexity index is 1020. The Hall–Kier alpha value is -2.95. The quantitative estimate of drug-likeness (QED) is 0.659. The highest BCUT2D eigenvalue weighted by molar-refractivity contribution is 7.18. The van der Waals surface area contributed by atoms with Gasteiger partial charge in [0.1, 0.15) is 17.6 Å². The van der Waals surface area contributed by atoms with E-state index in [-0.39, 0.29) is 36.0 Å². The van der Waals surface area contributed by atoms with E-state index in [0.717, 1.165) is 17.0 Å². The average molecular weight is 464 g/mol. The van der Waals surface area contributed by atoms with Gasteiger partial charge in [-0.15, -0.1) is 11.3 Å². The van der Waals surface area contributed by atoms with Crippen LogP contribution in [0.1, 0.15) is 20.0 Å². The fraction of sp³-hybridized carbons (Fsp3) is 0.300. The first-order valence-electron chi connectivity index (χ1n) is 9.45. The van der Waals surface area contributed by atoms with Crippen LogP contribution < -0.4 is 15.1 Å². The van der Waals surface area contributed by atoms with Crippen molar-refractivity contribution >= 4 is 58.5 Å². The third-order valence-corrected chi connectivity index (χ3v) is 6.17. The molecule has 2 saturated heterocycles. The van der Waals surface area contributed by atoms with E-state index in [2.05, 4.69) is 5.32 Å². The normalized spacial score (nSPS) is 18.8. The summed E-state index contributed by atoms with van der Waals surface area (Å²) in [6.45, 7) is 1.36. The number of thiophene rings is 1. The molecule has 11 heteroatoms. The zero-order valence-corrected chi connectivity index (χ0v) is 17.8. The lowest BCUT2D eigenvalue weighted by atomic mass is 10.2. The number of anilines is 2. The molecular weight excluding hydrogens is 446 g/mol. The summed E-state index contributed by atoms with van der Waals surface area (Å²) < 4.78 is 10.8. The summed E-state index contributed by atoms with van der Waals surface area (Å²) in [5.41, 5.74) is 1.57. The minimum absolute atomic E-state index is 0.0552. The summed E-state index contributed by atoms with van der Waals surface area (Å²) in [6, 6.07) is 8.44. The number of halogens is 1. The van der Waals surface area contributed by atoms with E-state index in [9.17, 15) is 19.2 Å². The van der Waals surface area contributed by atoms with Crippen molar-refractivity contribution in [3.8, 4) is 0 Å². The first kappa shape index (κ1) is 21.3. The molecular formula is C20H18ClN3O6S. The predicted molar refractivity (Wildman–Crippen MR) is 114 cm³/mol. The molecule has 0 aliphatic carbocycles. The van der Waals surface area contributed by atoms with Crippen LogP contribution in [0.2, 0.25) is 4.34 Å². The van der Waals surface area contributed by atoms with Crippen molar-refractivity contribution in [1.82, 2.24) is 5.32 Å². The Morgan fingerprint density at radius 2 is 1.94 bits per heavy atom. The van der Waals surface area contributed by atoms with Crippen LogP contribution in [0.15, 0.2) is 30.3 Å². The number of nitrogens with zero attached hydrogens (tertiary/aromatic N) is 2. The number of carbonyl (C=O) groups is 4. The molecule has 1 aromatic heterocycles. The van der Waals surface area contributed by atoms with E-state index in [4.69, 9.17) is 21.1 Å². The number of morpholine rings is 1. The van der Waals surface area contributed by atoms with Gasteiger partial charge in [-0.3, -0.25) is 19.3 Å². The number of aldehydes is 1. The molecule has 2 fully saturated rings. The summed E-state index contributed by atoms with van der Waals surface area (Å²) in [7, 11) is 0. The second-order valence-electron chi connectivity index (χ2n) is 6.89. The van der Waals surface area contributed by atoms with Crippen molar-refractivity contribution in [3.05, 3.63) is 45.1 Å². The van der Waals surface area contributed by atoms with Crippen LogP contribution in [0, 0.1) is 0 Å². The zero-order chi connectivity index (χ0) is 22.0. The third kappa shape index (κ3) is 4.55. The van der Waals surface area contributed by atoms with Gasteiger partial charge in [0.2, 0.25) is 0 Å². The highest BCUT2D eigenvalue weighted by Crippen LogP contribution is 2.27. The Balaban J connectivity index is 1.36. The van der Waals surface area contributed by atoms with Gasteiger partial charge in [-0.25, -0.2) is 4.79 Å². The summed E-state index contributed by atoms with van der Waals surface area (Å²) in [5.74, 6) is -0.562. The topological polar surface area (TPSA) is 105 Å². The molecule has 2 aliphatic rings. The smallest absolute Gasteiger partial charge is 0.414 e. The van der Waals surface area contributed by atoms with Crippen LogP contribution >= 0.6 is 22.9 Å². The lowest BCUT2D eigenvalue weighted by Gasteiger charge is -2.27. The minimum Gasteiger partial charge on any atom is -0.442 e. The molecule has 9 nitrogen and oxygen atoms in total. The zero-order valence-electron chi connectivity index (χ0n) is 16.2. The Kier molecular flexibility index (Phi) is 6.21. The van der Waals surface area contributed by atoms with E-state index >= 15 is 0 Å². The van der Waals surface area contributed by atoms with E-state index in [1.165, 1.54) is 11.0 Å². The standard InChI is InChI=1S/C20H18ClN3O6S/c21-16-7-12(10-25)18(31-16)19(27)22-8-15-9-24(20(28)30-15)14-3-1-13(2-4-14)23-5-6-29-11-17(23)26/h1-4,7,10,15H,5-6,8-9,11H2,(H,22,27)/t15-/m0/s1. The van der Waals surface area contributed by atoms with Gasteiger partial charge in [0.05, 0.1) is 24.0 Å². The van der Waals surface area contributed by atoms with Gasteiger partial charge in [-0.2, -0.15) is 0 Å². The Morgan fingerprint density at radius 1 is 1.23 bits per heavy atom. The Morgan fingerprint density at radius 3 is 2.61 bits per heavy atom. The molecule has 3 heterocycles. The molecule has 1 aromatic carbocycles. The molecule has 0 radical (unpaired) electrons. The van der Waals surface area contributed by atoms with E-state index in [1.54, 1.807) is 29.2 Å². The van der Waals surface area contributed by atoms with Crippen LogP contribution in [-0.4, -0.2) is 63.1 Å². The summed E-state index contributed by atoms with van der Waals surface area (Å²) in [4.78, 5) is 50.9. The van der Waals surface area contributed by atoms with E-state index in [0.29, 0.717) is 29.5 Å². The third-order valence-electron chi connectivity index (χ3n) is 4.89. The maximum absolute atomic E-state index is 12.3. The van der Waals surface area contributed by atoms with Crippen LogP contribution in [0.25, 0.3) is 0 Å². The van der Waals surface area contributed by atoms with Gasteiger partial charge in [0.25, 0.3) is 11.8 Å². The molecule has 3 amide bonds. The maximum Gasteiger partial charge on any atom is 0.414 e. The van der Waals surface area contributed by atoms with Crippen LogP contribution in [-0.2, 0) is 14.3 Å². The fourth-order valence-corrected chi connectivity index (χ4v) is 4.49. The monoisotopic (exact) mass is 463 g/mol. The average Bonchev–Trinajstić information content (AvgIpc) is 3.34. The maximum atomic E-state index is 12.3. The van der Waals surface area contributed by atoms with Crippen molar-refractivity contribution in [3.63, 3.8) is 0 Å². The first-order valence-corrected chi connectivity index (χ1v) is 10.6. The lowest BCUT2D eigenvalue weighted by molar-refractivity contribution is -0.125. The molecule has 0 bridgehead atoms. The highest BCUT2D eigenvalue weighted by atomic mass is 35.5. The lowest BCUT2D eigenvalue weighted by Crippen LogP contribution is -2.41. The van der Waals surface area contributed by atoms with E-state index in [1.807, 2.05) is 0 Å². The van der Waals surface area contributed by atoms with Gasteiger partial charge in [-0.05, 0) is 30.3 Å². The SMILES string of the molecule is O=Cc1cc(Cl)sc1C(=O)NC[C@H]1CN(c2ccc(N3CCOCC3=O)cc2)C(=O)O1. The summed E-state index contributed by atoms with van der Waals surface area (Å²) >= 11 is 6.87. The van der Waals surface area contributed by atoms with Crippen molar-refractivity contribution in [2.75, 3.05) is 42.6 Å². The van der Waals surface area contributed by atoms with Crippen molar-refractivity contribution < 1.29 is 28.7 Å². The van der Waals surface area contributed by atoms with E-state index < -0.39 is 18.1 Å². The second kappa shape index (κ2) is 9.04. The first-order chi connectivity index (χ1) is 15.0. The number of amides is 3. The highest BCUT2D eigenvalue weighted by Gasteiger charge is 2.33. The molecule has 2 aromatic rings. The largest absolute Gasteiger partial charge is 0.442 e. The van der Waals surface area contributed by atoms with Crippen molar-refractivity contribution in [2.24, 2.45) is 0 Å². The summed E-state index contributed by atoms with van der Waals surface area (Å²) in [5, 5.41) is 2.67. The van der Waals surface area contributed by atoms with Gasteiger partial charge >= 0.3 is 6.09 Å². The minimum atomic E-state index is -0.549. The van der Waals surface area contributed by atoms with Gasteiger partial charge in [-0.1, -0.05) is 11.6 Å². The van der Waals surface area contributed by atoms with Crippen LogP contribution in [0.4, 0.5) is 16.2 Å². The molecule has 0 unspecified atom stereocenters. The second-order valence-corrected chi connectivity index (χ2v) is 8.58. The molecule has 162 valence electrons. The number of carbonyl (C=O) groups excluding carboxylic acids is 4. The van der Waals surface area contributed by atoms with Gasteiger partial charge in [0.15, 0.2) is 6.29 Å². The van der Waals surface area contributed by atoms with Crippen LogP contribution in [0.5, 0.6) is 0 Å². The number of nitrogens with one attached hydrogen (secondary N) is 1. The molecule has 1 atom stereocenters. The molecule has 2 aliphatic heterocycles. The molecule has 31 heavy (non-hydrogen) atoms. The number of hydrogen-bond acceptors (Lipinski definition) is 7. The number of hydrogen-bond donors (Lipinski definition) is 1. The summed E-state index contributed by atoms with van der Waals surface area (Å²) in [6.07, 6.45) is -0.503. The number of cyclic esters (lactones) is 1. The van der Waals surface area contributed by atoms with Gasteiger partial charge < -0.3 is 19.7 Å². The van der Waals surface area contributed by atoms with Crippen molar-refractivity contribution in [2.45, 2.75) is 6.10 Å². The molecule has 0 spiro atoms. The number of benzene rings is 1. The number of ether oxygens (including phenoxy) is 2. The number of rotatable bonds is 6. The molecule has 0 saturated carbocycles. The van der Waals surface area contributed by atoms with Crippen LogP contribution in [0.3, 0.4) is 0 Å². The fourth-order valence-electron chi connectivity index (χ4n) is 3.37. The van der Waals surface area contributed by atoms with Gasteiger partial charge in [0, 0.05) is 23.5 Å².